The highest BCUT2D eigenvalue weighted by atomic mass is 35.5. The zero-order valence-corrected chi connectivity index (χ0v) is 20.5. The quantitative estimate of drug-likeness (QED) is 0.570. The molecule has 1 N–H and O–H groups in total. The van der Waals surface area contributed by atoms with Crippen LogP contribution in [0, 0.1) is 5.82 Å². The Kier molecular flexibility index (Phi) is 8.35. The Hall–Kier alpha value is -3.27. The summed E-state index contributed by atoms with van der Waals surface area (Å²) in [4.78, 5) is 41.0. The highest BCUT2D eigenvalue weighted by Gasteiger charge is 2.39. The minimum atomic E-state index is -0.830. The maximum absolute atomic E-state index is 14.9. The fourth-order valence-corrected chi connectivity index (χ4v) is 4.39. The standard InChI is InChI=1S/C26H27ClFN3O5/c1-2-36-20-14-23(31(15-20)24(32)10-5-17-3-6-18(27)7-4-17)26(34)29-22-9-8-19(13-21(22)28)30-11-12-35-16-25(30)33/h3-10,13,20,23H,2,11-12,14-16H2,1H3,(H,29,34)/t20-,23-/m1/s1. The molecule has 2 saturated heterocycles. The minimum absolute atomic E-state index is 0.0339. The molecule has 3 amide bonds. The number of halogens is 2. The van der Waals surface area contributed by atoms with Crippen LogP contribution < -0.4 is 10.2 Å². The Bertz CT molecular complexity index is 1160. The van der Waals surface area contributed by atoms with Gasteiger partial charge >= 0.3 is 0 Å². The SMILES string of the molecule is CCO[C@@H]1C[C@H](C(=O)Nc2ccc(N3CCOCC3=O)cc2F)N(C(=O)C=Cc2ccc(Cl)cc2)C1. The summed E-state index contributed by atoms with van der Waals surface area (Å²) in [5.41, 5.74) is 1.14. The van der Waals surface area contributed by atoms with Crippen LogP contribution in [0.4, 0.5) is 15.8 Å². The molecule has 0 aliphatic carbocycles. The second kappa shape index (κ2) is 11.6. The molecule has 4 rings (SSSR count). The monoisotopic (exact) mass is 515 g/mol. The molecular formula is C26H27ClFN3O5. The van der Waals surface area contributed by atoms with E-state index in [0.29, 0.717) is 36.9 Å². The Balaban J connectivity index is 1.47. The smallest absolute Gasteiger partial charge is 0.253 e. The Morgan fingerprint density at radius 2 is 2.03 bits per heavy atom. The fourth-order valence-electron chi connectivity index (χ4n) is 4.26. The Morgan fingerprint density at radius 3 is 2.72 bits per heavy atom. The first-order valence-corrected chi connectivity index (χ1v) is 12.1. The molecule has 190 valence electrons. The van der Waals surface area contributed by atoms with E-state index >= 15 is 0 Å². The lowest BCUT2D eigenvalue weighted by atomic mass is 10.1. The van der Waals surface area contributed by atoms with Crippen LogP contribution in [-0.4, -0.2) is 67.7 Å². The van der Waals surface area contributed by atoms with Gasteiger partial charge in [-0.2, -0.15) is 0 Å². The molecular weight excluding hydrogens is 489 g/mol. The molecule has 36 heavy (non-hydrogen) atoms. The summed E-state index contributed by atoms with van der Waals surface area (Å²) in [6.45, 7) is 3.17. The number of nitrogens with one attached hydrogen (secondary N) is 1. The van der Waals surface area contributed by atoms with Crippen molar-refractivity contribution in [2.45, 2.75) is 25.5 Å². The van der Waals surface area contributed by atoms with E-state index in [1.54, 1.807) is 36.4 Å². The van der Waals surface area contributed by atoms with Gasteiger partial charge in [-0.05, 0) is 48.9 Å². The number of anilines is 2. The lowest BCUT2D eigenvalue weighted by molar-refractivity contribution is -0.132. The molecule has 2 aromatic carbocycles. The van der Waals surface area contributed by atoms with Crippen LogP contribution in [0.2, 0.25) is 5.02 Å². The minimum Gasteiger partial charge on any atom is -0.377 e. The average molecular weight is 516 g/mol. The third-order valence-corrected chi connectivity index (χ3v) is 6.30. The van der Waals surface area contributed by atoms with Crippen LogP contribution in [0.1, 0.15) is 18.9 Å². The van der Waals surface area contributed by atoms with E-state index in [1.165, 1.54) is 28.0 Å². The summed E-state index contributed by atoms with van der Waals surface area (Å²) in [5.74, 6) is -1.81. The second-order valence-electron chi connectivity index (χ2n) is 8.46. The topological polar surface area (TPSA) is 88.2 Å². The summed E-state index contributed by atoms with van der Waals surface area (Å²) in [6, 6.07) is 10.3. The van der Waals surface area contributed by atoms with Crippen LogP contribution in [-0.2, 0) is 23.9 Å². The summed E-state index contributed by atoms with van der Waals surface area (Å²) >= 11 is 5.90. The van der Waals surface area contributed by atoms with Gasteiger partial charge in [-0.1, -0.05) is 23.7 Å². The van der Waals surface area contributed by atoms with Crippen molar-refractivity contribution in [1.29, 1.82) is 0 Å². The van der Waals surface area contributed by atoms with Crippen LogP contribution in [0.25, 0.3) is 6.08 Å². The number of ether oxygens (including phenoxy) is 2. The number of rotatable bonds is 7. The number of hydrogen-bond acceptors (Lipinski definition) is 5. The molecule has 0 spiro atoms. The Morgan fingerprint density at radius 1 is 1.25 bits per heavy atom. The second-order valence-corrected chi connectivity index (χ2v) is 8.89. The zero-order chi connectivity index (χ0) is 25.7. The number of nitrogens with zero attached hydrogens (tertiary/aromatic N) is 2. The number of benzene rings is 2. The van der Waals surface area contributed by atoms with Gasteiger partial charge in [-0.25, -0.2) is 4.39 Å². The van der Waals surface area contributed by atoms with Crippen molar-refractivity contribution in [3.05, 3.63) is 64.9 Å². The van der Waals surface area contributed by atoms with Gasteiger partial charge in [0.1, 0.15) is 18.5 Å². The molecule has 2 aliphatic rings. The highest BCUT2D eigenvalue weighted by molar-refractivity contribution is 6.30. The van der Waals surface area contributed by atoms with Gasteiger partial charge in [0, 0.05) is 42.9 Å². The molecule has 10 heteroatoms. The highest BCUT2D eigenvalue weighted by Crippen LogP contribution is 2.26. The van der Waals surface area contributed by atoms with Crippen molar-refractivity contribution in [1.82, 2.24) is 4.90 Å². The number of likely N-dealkylation sites (tertiary alicyclic amines) is 1. The molecule has 0 unspecified atom stereocenters. The molecule has 0 bridgehead atoms. The third kappa shape index (κ3) is 6.10. The largest absolute Gasteiger partial charge is 0.377 e. The lowest BCUT2D eigenvalue weighted by Gasteiger charge is -2.27. The van der Waals surface area contributed by atoms with Crippen LogP contribution in [0.15, 0.2) is 48.5 Å². The first-order chi connectivity index (χ1) is 17.4. The van der Waals surface area contributed by atoms with Crippen molar-refractivity contribution in [2.24, 2.45) is 0 Å². The molecule has 2 fully saturated rings. The normalized spacial score (nSPS) is 20.2. The third-order valence-electron chi connectivity index (χ3n) is 6.05. The molecule has 2 aliphatic heterocycles. The number of amides is 3. The molecule has 2 atom stereocenters. The van der Waals surface area contributed by atoms with Crippen LogP contribution in [0.3, 0.4) is 0 Å². The summed E-state index contributed by atoms with van der Waals surface area (Å²) in [7, 11) is 0. The molecule has 2 heterocycles. The first kappa shape index (κ1) is 25.8. The van der Waals surface area contributed by atoms with Crippen molar-refractivity contribution in [3.63, 3.8) is 0 Å². The Labute approximate surface area is 213 Å². The maximum atomic E-state index is 14.9. The van der Waals surface area contributed by atoms with Gasteiger partial charge < -0.3 is 24.6 Å². The fraction of sp³-hybridized carbons (Fsp3) is 0.346. The van der Waals surface area contributed by atoms with Crippen molar-refractivity contribution < 1.29 is 28.2 Å². The van der Waals surface area contributed by atoms with Crippen molar-refractivity contribution >= 4 is 46.8 Å². The van der Waals surface area contributed by atoms with E-state index < -0.39 is 17.8 Å². The average Bonchev–Trinajstić information content (AvgIpc) is 3.29. The summed E-state index contributed by atoms with van der Waals surface area (Å²) < 4.78 is 25.6. The number of morpholine rings is 1. The van der Waals surface area contributed by atoms with Crippen molar-refractivity contribution in [2.75, 3.05) is 43.1 Å². The predicted octanol–water partition coefficient (Wildman–Crippen LogP) is 3.50. The molecule has 2 aromatic rings. The van der Waals surface area contributed by atoms with E-state index in [4.69, 9.17) is 21.1 Å². The van der Waals surface area contributed by atoms with Crippen molar-refractivity contribution in [3.8, 4) is 0 Å². The van der Waals surface area contributed by atoms with Crippen LogP contribution in [0.5, 0.6) is 0 Å². The van der Waals surface area contributed by atoms with Crippen LogP contribution >= 0.6 is 11.6 Å². The maximum Gasteiger partial charge on any atom is 0.253 e. The predicted molar refractivity (Wildman–Crippen MR) is 134 cm³/mol. The van der Waals surface area contributed by atoms with Gasteiger partial charge in [0.05, 0.1) is 18.4 Å². The van der Waals surface area contributed by atoms with E-state index in [2.05, 4.69) is 5.32 Å². The zero-order valence-electron chi connectivity index (χ0n) is 19.8. The molecule has 8 nitrogen and oxygen atoms in total. The number of hydrogen-bond donors (Lipinski definition) is 1. The van der Waals surface area contributed by atoms with E-state index in [0.717, 1.165) is 5.56 Å². The molecule has 0 radical (unpaired) electrons. The van der Waals surface area contributed by atoms with Gasteiger partial charge in [0.2, 0.25) is 11.8 Å². The summed E-state index contributed by atoms with van der Waals surface area (Å²) in [6.07, 6.45) is 3.03. The summed E-state index contributed by atoms with van der Waals surface area (Å²) in [5, 5.41) is 3.18. The lowest BCUT2D eigenvalue weighted by Crippen LogP contribution is -2.42. The van der Waals surface area contributed by atoms with Gasteiger partial charge in [-0.3, -0.25) is 14.4 Å². The van der Waals surface area contributed by atoms with E-state index in [1.807, 2.05) is 6.92 Å². The van der Waals surface area contributed by atoms with Gasteiger partial charge in [-0.15, -0.1) is 0 Å². The van der Waals surface area contributed by atoms with E-state index in [9.17, 15) is 18.8 Å². The molecule has 0 saturated carbocycles. The van der Waals surface area contributed by atoms with Gasteiger partial charge in [0.25, 0.3) is 5.91 Å². The number of carbonyl (C=O) groups excluding carboxylic acids is 3. The molecule has 0 aromatic heterocycles. The van der Waals surface area contributed by atoms with Gasteiger partial charge in [0.15, 0.2) is 0 Å². The number of carbonyl (C=O) groups is 3. The van der Waals surface area contributed by atoms with E-state index in [-0.39, 0.29) is 36.8 Å². The first-order valence-electron chi connectivity index (χ1n) is 11.7.